The zero-order valence-electron chi connectivity index (χ0n) is 17.8. The minimum atomic E-state index is -0.702. The SMILES string of the molecule is COC(=O)C1C(C)=NC2=C(C(=O)C[C@H](c3ccc(OC)cc3)C2)[C@H]1c1cccc(O)c1. The Morgan fingerprint density at radius 3 is 2.45 bits per heavy atom. The molecule has 31 heavy (non-hydrogen) atoms. The van der Waals surface area contributed by atoms with Crippen LogP contribution in [0.5, 0.6) is 11.5 Å². The Balaban J connectivity index is 1.78. The Kier molecular flexibility index (Phi) is 5.63. The number of phenolic OH excluding ortho intramolecular Hbond substituents is 1. The molecule has 0 saturated carbocycles. The van der Waals surface area contributed by atoms with Crippen molar-refractivity contribution in [1.82, 2.24) is 0 Å². The quantitative estimate of drug-likeness (QED) is 0.753. The average molecular weight is 419 g/mol. The largest absolute Gasteiger partial charge is 0.508 e. The molecule has 160 valence electrons. The van der Waals surface area contributed by atoms with Gasteiger partial charge in [-0.15, -0.1) is 0 Å². The molecule has 1 unspecified atom stereocenters. The van der Waals surface area contributed by atoms with E-state index in [2.05, 4.69) is 0 Å². The number of ether oxygens (including phenoxy) is 2. The Bertz CT molecular complexity index is 1080. The maximum Gasteiger partial charge on any atom is 0.315 e. The fourth-order valence-corrected chi connectivity index (χ4v) is 4.68. The summed E-state index contributed by atoms with van der Waals surface area (Å²) in [4.78, 5) is 30.8. The van der Waals surface area contributed by atoms with Gasteiger partial charge in [0.2, 0.25) is 0 Å². The molecule has 0 spiro atoms. The van der Waals surface area contributed by atoms with Crippen LogP contribution in [0.4, 0.5) is 0 Å². The highest BCUT2D eigenvalue weighted by Crippen LogP contribution is 2.47. The van der Waals surface area contributed by atoms with Gasteiger partial charge in [-0.2, -0.15) is 0 Å². The highest BCUT2D eigenvalue weighted by Gasteiger charge is 2.44. The van der Waals surface area contributed by atoms with Crippen LogP contribution in [-0.2, 0) is 14.3 Å². The van der Waals surface area contributed by atoms with E-state index in [1.54, 1.807) is 32.2 Å². The summed E-state index contributed by atoms with van der Waals surface area (Å²) in [6, 6.07) is 14.5. The molecule has 2 aromatic carbocycles. The fourth-order valence-electron chi connectivity index (χ4n) is 4.68. The molecule has 2 aromatic rings. The van der Waals surface area contributed by atoms with Gasteiger partial charge in [-0.1, -0.05) is 24.3 Å². The number of hydrogen-bond acceptors (Lipinski definition) is 6. The number of carbonyl (C=O) groups is 2. The lowest BCUT2D eigenvalue weighted by Crippen LogP contribution is -2.37. The van der Waals surface area contributed by atoms with E-state index in [0.717, 1.165) is 11.3 Å². The molecule has 4 rings (SSSR count). The summed E-state index contributed by atoms with van der Waals surface area (Å²) >= 11 is 0. The van der Waals surface area contributed by atoms with E-state index in [0.29, 0.717) is 35.4 Å². The minimum Gasteiger partial charge on any atom is -0.508 e. The first-order valence-electron chi connectivity index (χ1n) is 10.2. The van der Waals surface area contributed by atoms with E-state index in [1.165, 1.54) is 7.11 Å². The van der Waals surface area contributed by atoms with Gasteiger partial charge in [0.05, 0.1) is 14.2 Å². The van der Waals surface area contributed by atoms with Crippen molar-refractivity contribution in [1.29, 1.82) is 0 Å². The Morgan fingerprint density at radius 1 is 1.06 bits per heavy atom. The average Bonchev–Trinajstić information content (AvgIpc) is 2.77. The fraction of sp³-hybridized carbons (Fsp3) is 0.320. The summed E-state index contributed by atoms with van der Waals surface area (Å²) in [5.74, 6) is -0.839. The number of Topliss-reactive ketones (excluding diaryl/α,β-unsaturated/α-hetero) is 1. The molecular weight excluding hydrogens is 394 g/mol. The number of nitrogens with zero attached hydrogens (tertiary/aromatic N) is 1. The number of methoxy groups -OCH3 is 2. The van der Waals surface area contributed by atoms with Gasteiger partial charge < -0.3 is 14.6 Å². The molecule has 2 aliphatic rings. The molecule has 3 atom stereocenters. The molecule has 1 N–H and O–H groups in total. The second kappa shape index (κ2) is 8.38. The standard InChI is InChI=1S/C25H25NO5/c1-14-22(25(29)31-3)23(16-5-4-6-18(27)11-16)24-20(26-14)12-17(13-21(24)28)15-7-9-19(30-2)10-8-15/h4-11,17,22-23,27H,12-13H2,1-3H3/t17-,22?,23+/m1/s1. The smallest absolute Gasteiger partial charge is 0.315 e. The molecule has 6 heteroatoms. The van der Waals surface area contributed by atoms with E-state index in [1.807, 2.05) is 30.3 Å². The van der Waals surface area contributed by atoms with Gasteiger partial charge >= 0.3 is 5.97 Å². The van der Waals surface area contributed by atoms with Crippen molar-refractivity contribution in [2.24, 2.45) is 10.9 Å². The molecule has 0 aromatic heterocycles. The van der Waals surface area contributed by atoms with E-state index in [4.69, 9.17) is 14.5 Å². The first-order valence-corrected chi connectivity index (χ1v) is 10.2. The number of aromatic hydroxyl groups is 1. The summed E-state index contributed by atoms with van der Waals surface area (Å²) in [5.41, 5.74) is 3.63. The second-order valence-electron chi connectivity index (χ2n) is 7.99. The van der Waals surface area contributed by atoms with E-state index in [-0.39, 0.29) is 17.5 Å². The number of allylic oxidation sites excluding steroid dienone is 2. The van der Waals surface area contributed by atoms with E-state index in [9.17, 15) is 14.7 Å². The molecule has 0 radical (unpaired) electrons. The maximum absolute atomic E-state index is 13.4. The van der Waals surface area contributed by atoms with Gasteiger partial charge in [-0.25, -0.2) is 0 Å². The van der Waals surface area contributed by atoms with Crippen LogP contribution in [0.1, 0.15) is 42.7 Å². The van der Waals surface area contributed by atoms with Crippen LogP contribution in [0.25, 0.3) is 0 Å². The summed E-state index contributed by atoms with van der Waals surface area (Å²) in [5, 5.41) is 10.0. The highest BCUT2D eigenvalue weighted by atomic mass is 16.5. The van der Waals surface area contributed by atoms with Crippen LogP contribution in [0.2, 0.25) is 0 Å². The van der Waals surface area contributed by atoms with Crippen LogP contribution in [0.3, 0.4) is 0 Å². The van der Waals surface area contributed by atoms with Crippen molar-refractivity contribution < 1.29 is 24.2 Å². The molecule has 1 aliphatic carbocycles. The van der Waals surface area contributed by atoms with E-state index < -0.39 is 17.8 Å². The van der Waals surface area contributed by atoms with E-state index >= 15 is 0 Å². The lowest BCUT2D eigenvalue weighted by molar-refractivity contribution is -0.143. The van der Waals surface area contributed by atoms with Crippen LogP contribution in [0, 0.1) is 5.92 Å². The number of benzene rings is 2. The van der Waals surface area contributed by atoms with Crippen molar-refractivity contribution in [2.75, 3.05) is 14.2 Å². The monoisotopic (exact) mass is 419 g/mol. The summed E-state index contributed by atoms with van der Waals surface area (Å²) in [6.07, 6.45) is 0.941. The number of rotatable bonds is 4. The number of hydrogen-bond donors (Lipinski definition) is 1. The first kappa shape index (κ1) is 20.8. The van der Waals surface area contributed by atoms with Crippen LogP contribution in [-0.4, -0.2) is 36.8 Å². The van der Waals surface area contributed by atoms with Crippen LogP contribution < -0.4 is 4.74 Å². The lowest BCUT2D eigenvalue weighted by atomic mass is 9.69. The number of aliphatic imine (C=N–C) groups is 1. The van der Waals surface area contributed by atoms with Crippen molar-refractivity contribution in [3.8, 4) is 11.5 Å². The lowest BCUT2D eigenvalue weighted by Gasteiger charge is -2.36. The summed E-state index contributed by atoms with van der Waals surface area (Å²) in [6.45, 7) is 1.79. The third-order valence-electron chi connectivity index (χ3n) is 6.16. The van der Waals surface area contributed by atoms with Gasteiger partial charge in [0, 0.05) is 29.3 Å². The molecule has 1 aliphatic heterocycles. The van der Waals surface area contributed by atoms with Gasteiger partial charge in [-0.3, -0.25) is 14.6 Å². The Labute approximate surface area is 181 Å². The number of carbonyl (C=O) groups excluding carboxylic acids is 2. The molecule has 0 saturated heterocycles. The maximum atomic E-state index is 13.4. The van der Waals surface area contributed by atoms with Crippen LogP contribution in [0.15, 0.2) is 64.8 Å². The molecule has 0 fully saturated rings. The Hall–Kier alpha value is -3.41. The molecule has 0 amide bonds. The molecule has 1 heterocycles. The van der Waals surface area contributed by atoms with Gasteiger partial charge in [-0.05, 0) is 54.7 Å². The van der Waals surface area contributed by atoms with Crippen molar-refractivity contribution in [3.05, 3.63) is 70.9 Å². The predicted octanol–water partition coefficient (Wildman–Crippen LogP) is 4.15. The van der Waals surface area contributed by atoms with Crippen molar-refractivity contribution in [2.45, 2.75) is 31.6 Å². The zero-order valence-corrected chi connectivity index (χ0v) is 17.8. The Morgan fingerprint density at radius 2 is 1.81 bits per heavy atom. The van der Waals surface area contributed by atoms with Crippen molar-refractivity contribution >= 4 is 17.5 Å². The highest BCUT2D eigenvalue weighted by molar-refractivity contribution is 6.09. The first-order chi connectivity index (χ1) is 14.9. The summed E-state index contributed by atoms with van der Waals surface area (Å²) in [7, 11) is 2.95. The molecule has 6 nitrogen and oxygen atoms in total. The number of esters is 1. The molecular formula is C25H25NO5. The van der Waals surface area contributed by atoms with Crippen LogP contribution >= 0.6 is 0 Å². The number of phenols is 1. The third kappa shape index (κ3) is 3.85. The normalized spacial score (nSPS) is 23.1. The van der Waals surface area contributed by atoms with Crippen molar-refractivity contribution in [3.63, 3.8) is 0 Å². The number of ketones is 1. The second-order valence-corrected chi connectivity index (χ2v) is 7.99. The minimum absolute atomic E-state index is 0.00760. The third-order valence-corrected chi connectivity index (χ3v) is 6.16. The topological polar surface area (TPSA) is 85.2 Å². The zero-order chi connectivity index (χ0) is 22.1. The summed E-state index contributed by atoms with van der Waals surface area (Å²) < 4.78 is 10.3. The molecule has 0 bridgehead atoms. The predicted molar refractivity (Wildman–Crippen MR) is 116 cm³/mol. The van der Waals surface area contributed by atoms with Gasteiger partial charge in [0.25, 0.3) is 0 Å². The van der Waals surface area contributed by atoms with Gasteiger partial charge in [0.15, 0.2) is 5.78 Å². The van der Waals surface area contributed by atoms with Gasteiger partial charge in [0.1, 0.15) is 17.4 Å².